The van der Waals surface area contributed by atoms with Crippen LogP contribution in [0.25, 0.3) is 22.2 Å². The molecule has 3 aromatic rings. The van der Waals surface area contributed by atoms with Crippen LogP contribution < -0.4 is 10.9 Å². The highest BCUT2D eigenvalue weighted by atomic mass is 19.1. The lowest BCUT2D eigenvalue weighted by atomic mass is 9.82. The molecule has 1 aliphatic carbocycles. The van der Waals surface area contributed by atoms with E-state index >= 15 is 0 Å². The number of hydrogen-bond acceptors (Lipinski definition) is 6. The zero-order valence-electron chi connectivity index (χ0n) is 23.8. The molecule has 8 nitrogen and oxygen atoms in total. The normalized spacial score (nSPS) is 17.6. The van der Waals surface area contributed by atoms with Crippen molar-refractivity contribution in [1.82, 2.24) is 19.8 Å². The fourth-order valence-electron chi connectivity index (χ4n) is 5.75. The number of nitrogens with one attached hydrogen (secondary N) is 1. The van der Waals surface area contributed by atoms with Gasteiger partial charge in [0.2, 0.25) is 0 Å². The summed E-state index contributed by atoms with van der Waals surface area (Å²) in [6.45, 7) is 5.53. The number of amides is 1. The van der Waals surface area contributed by atoms with E-state index in [1.807, 2.05) is 13.8 Å². The van der Waals surface area contributed by atoms with Gasteiger partial charge in [0.05, 0.1) is 17.5 Å². The number of pyridine rings is 2. The average Bonchev–Trinajstić information content (AvgIpc) is 3.00. The molecule has 1 amide bonds. The minimum absolute atomic E-state index is 0.195. The van der Waals surface area contributed by atoms with E-state index < -0.39 is 34.5 Å². The Balaban J connectivity index is 0.00000189. The first-order chi connectivity index (χ1) is 19.8. The maximum absolute atomic E-state index is 13.7. The number of likely N-dealkylation sites (tertiary alicyclic amines) is 1. The minimum atomic E-state index is -0.848. The number of benzene rings is 1. The first-order valence-corrected chi connectivity index (χ1v) is 14.6. The summed E-state index contributed by atoms with van der Waals surface area (Å²) in [6, 6.07) is 7.44. The van der Waals surface area contributed by atoms with Crippen molar-refractivity contribution in [3.8, 4) is 16.9 Å². The summed E-state index contributed by atoms with van der Waals surface area (Å²) >= 11 is 0. The summed E-state index contributed by atoms with van der Waals surface area (Å²) in [5.74, 6) is -1.61. The van der Waals surface area contributed by atoms with Crippen molar-refractivity contribution in [3.63, 3.8) is 0 Å². The maximum atomic E-state index is 13.7. The van der Waals surface area contributed by atoms with Gasteiger partial charge in [-0.1, -0.05) is 45.2 Å². The fourth-order valence-corrected chi connectivity index (χ4v) is 5.75. The molecule has 2 aromatic heterocycles. The number of rotatable bonds is 7. The molecule has 3 N–H and O–H groups in total. The fraction of sp³-hybridized carbons (Fsp3) is 0.516. The second-order valence-corrected chi connectivity index (χ2v) is 10.8. The molecule has 2 fully saturated rings. The number of carbonyl (C=O) groups is 1. The Morgan fingerprint density at radius 1 is 1.07 bits per heavy atom. The monoisotopic (exact) mass is 570 g/mol. The van der Waals surface area contributed by atoms with Gasteiger partial charge < -0.3 is 20.4 Å². The van der Waals surface area contributed by atoms with E-state index in [4.69, 9.17) is 0 Å². The third-order valence-corrected chi connectivity index (χ3v) is 8.13. The highest BCUT2D eigenvalue weighted by molar-refractivity contribution is 6.02. The van der Waals surface area contributed by atoms with Crippen LogP contribution in [0.4, 0.5) is 8.78 Å². The molecule has 10 heteroatoms. The number of carbonyl (C=O) groups excluding carboxylic acids is 1. The van der Waals surface area contributed by atoms with Crippen molar-refractivity contribution < 1.29 is 23.8 Å². The van der Waals surface area contributed by atoms with Crippen LogP contribution in [0.1, 0.15) is 69.2 Å². The van der Waals surface area contributed by atoms with Gasteiger partial charge in [0.15, 0.2) is 0 Å². The Labute approximate surface area is 239 Å². The molecule has 0 atom stereocenters. The zero-order valence-corrected chi connectivity index (χ0v) is 23.8. The van der Waals surface area contributed by atoms with E-state index in [2.05, 4.69) is 15.2 Å². The van der Waals surface area contributed by atoms with Crippen molar-refractivity contribution in [2.24, 2.45) is 0 Å². The topological polar surface area (TPSA) is 108 Å². The average molecular weight is 571 g/mol. The summed E-state index contributed by atoms with van der Waals surface area (Å²) in [6.07, 6.45) is 5.44. The van der Waals surface area contributed by atoms with Crippen molar-refractivity contribution in [2.45, 2.75) is 77.0 Å². The van der Waals surface area contributed by atoms with Crippen molar-refractivity contribution in [3.05, 3.63) is 58.3 Å². The summed E-state index contributed by atoms with van der Waals surface area (Å²) in [4.78, 5) is 33.8. The Bertz CT molecular complexity index is 1400. The van der Waals surface area contributed by atoms with Gasteiger partial charge >= 0.3 is 0 Å². The number of piperidine rings is 1. The molecule has 0 radical (unpaired) electrons. The van der Waals surface area contributed by atoms with E-state index in [-0.39, 0.29) is 30.0 Å². The van der Waals surface area contributed by atoms with Gasteiger partial charge in [-0.05, 0) is 49.4 Å². The minimum Gasteiger partial charge on any atom is -0.506 e. The van der Waals surface area contributed by atoms with Crippen molar-refractivity contribution in [2.75, 3.05) is 26.2 Å². The van der Waals surface area contributed by atoms with Gasteiger partial charge in [0.25, 0.3) is 11.5 Å². The molecule has 2 aliphatic rings. The smallest absolute Gasteiger partial charge is 0.268 e. The third kappa shape index (κ3) is 6.76. The molecular formula is C31H40F2N4O4. The lowest BCUT2D eigenvalue weighted by Gasteiger charge is -2.36. The van der Waals surface area contributed by atoms with E-state index in [0.717, 1.165) is 19.3 Å². The van der Waals surface area contributed by atoms with Crippen LogP contribution in [0.5, 0.6) is 5.75 Å². The van der Waals surface area contributed by atoms with Gasteiger partial charge in [0, 0.05) is 37.9 Å². The van der Waals surface area contributed by atoms with Gasteiger partial charge in [-0.25, -0.2) is 13.8 Å². The summed E-state index contributed by atoms with van der Waals surface area (Å²) in [5, 5.41) is 24.5. The predicted octanol–water partition coefficient (Wildman–Crippen LogP) is 4.79. The van der Waals surface area contributed by atoms with Gasteiger partial charge in [0.1, 0.15) is 28.9 Å². The van der Waals surface area contributed by atoms with Crippen LogP contribution >= 0.6 is 0 Å². The largest absolute Gasteiger partial charge is 0.506 e. The highest BCUT2D eigenvalue weighted by Crippen LogP contribution is 2.32. The quantitative estimate of drug-likeness (QED) is 0.377. The maximum Gasteiger partial charge on any atom is 0.268 e. The Kier molecular flexibility index (Phi) is 10.1. The van der Waals surface area contributed by atoms with E-state index in [1.54, 1.807) is 24.4 Å². The van der Waals surface area contributed by atoms with E-state index in [0.29, 0.717) is 56.4 Å². The molecule has 222 valence electrons. The summed E-state index contributed by atoms with van der Waals surface area (Å²) in [5.41, 5.74) is -0.470. The predicted molar refractivity (Wildman–Crippen MR) is 155 cm³/mol. The molecule has 0 bridgehead atoms. The molecule has 0 unspecified atom stereocenters. The Morgan fingerprint density at radius 2 is 1.73 bits per heavy atom. The van der Waals surface area contributed by atoms with Crippen LogP contribution in [0.15, 0.2) is 41.3 Å². The highest BCUT2D eigenvalue weighted by Gasteiger charge is 2.35. The van der Waals surface area contributed by atoms with Crippen LogP contribution in [-0.4, -0.2) is 68.5 Å². The molecule has 3 heterocycles. The lowest BCUT2D eigenvalue weighted by molar-refractivity contribution is 0.0754. The number of fused-ring (bicyclic) bond motifs is 1. The molecular weight excluding hydrogens is 530 g/mol. The molecule has 5 rings (SSSR count). The lowest BCUT2D eigenvalue weighted by Crippen LogP contribution is -2.53. The molecule has 0 spiro atoms. The van der Waals surface area contributed by atoms with Crippen LogP contribution in [0.3, 0.4) is 0 Å². The first kappa shape index (κ1) is 30.6. The zero-order chi connectivity index (χ0) is 29.6. The standard InChI is InChI=1S/C29H34F2N4O4.C2H6/c30-21-6-4-19(5-7-21)20-16-23-25(37)24(27(38)33-29(18-36)10-2-1-3-11-29)28(39)35(26(23)32-17-20)15-14-34-12-8-22(31)9-13-34;1-2/h4-7,16-17,22,36-37H,1-3,8-15,18H2,(H,33,38);1-2H3. The number of hydrogen-bond donors (Lipinski definition) is 3. The third-order valence-electron chi connectivity index (χ3n) is 8.13. The number of aliphatic hydroxyl groups is 1. The second-order valence-electron chi connectivity index (χ2n) is 10.8. The van der Waals surface area contributed by atoms with Crippen LogP contribution in [0, 0.1) is 5.82 Å². The molecule has 41 heavy (non-hydrogen) atoms. The SMILES string of the molecule is CC.O=C(NC1(CO)CCCCC1)c1c(O)c2cc(-c3ccc(F)cc3)cnc2n(CCN2CCC(F)CC2)c1=O. The number of aromatic nitrogens is 2. The van der Waals surface area contributed by atoms with Gasteiger partial charge in [-0.15, -0.1) is 0 Å². The van der Waals surface area contributed by atoms with E-state index in [9.17, 15) is 28.6 Å². The molecule has 1 aromatic carbocycles. The van der Waals surface area contributed by atoms with Crippen LogP contribution in [0.2, 0.25) is 0 Å². The van der Waals surface area contributed by atoms with E-state index in [1.165, 1.54) is 16.7 Å². The number of halogens is 2. The van der Waals surface area contributed by atoms with Gasteiger partial charge in [-0.3, -0.25) is 14.2 Å². The Morgan fingerprint density at radius 3 is 2.37 bits per heavy atom. The number of aliphatic hydroxyl groups excluding tert-OH is 1. The molecule has 1 saturated carbocycles. The van der Waals surface area contributed by atoms with Crippen molar-refractivity contribution in [1.29, 1.82) is 0 Å². The Hall–Kier alpha value is -3.37. The number of alkyl halides is 1. The number of aromatic hydroxyl groups is 1. The van der Waals surface area contributed by atoms with Crippen LogP contribution in [-0.2, 0) is 6.54 Å². The summed E-state index contributed by atoms with van der Waals surface area (Å²) in [7, 11) is 0. The molecule has 1 aliphatic heterocycles. The second kappa shape index (κ2) is 13.5. The van der Waals surface area contributed by atoms with Crippen molar-refractivity contribution >= 4 is 16.9 Å². The summed E-state index contributed by atoms with van der Waals surface area (Å²) < 4.78 is 28.5. The molecule has 1 saturated heterocycles. The first-order valence-electron chi connectivity index (χ1n) is 14.6. The van der Waals surface area contributed by atoms with Gasteiger partial charge in [-0.2, -0.15) is 0 Å². The number of nitrogens with zero attached hydrogens (tertiary/aromatic N) is 3.